The number of aromatic nitrogens is 1. The second-order valence-electron chi connectivity index (χ2n) is 9.70. The highest BCUT2D eigenvalue weighted by atomic mass is 32.1. The molecule has 0 spiro atoms. The number of hydrogen-bond donors (Lipinski definition) is 1. The molecule has 1 unspecified atom stereocenters. The van der Waals surface area contributed by atoms with Crippen LogP contribution in [0.1, 0.15) is 50.3 Å². The monoisotopic (exact) mass is 590 g/mol. The van der Waals surface area contributed by atoms with Gasteiger partial charge in [-0.2, -0.15) is 0 Å². The summed E-state index contributed by atoms with van der Waals surface area (Å²) >= 11 is 1.08. The Morgan fingerprint density at radius 1 is 1.02 bits per heavy atom. The molecule has 42 heavy (non-hydrogen) atoms. The first-order valence-corrected chi connectivity index (χ1v) is 14.6. The van der Waals surface area contributed by atoms with E-state index in [0.717, 1.165) is 30.6 Å². The summed E-state index contributed by atoms with van der Waals surface area (Å²) in [5.41, 5.74) is 1.19. The third kappa shape index (κ3) is 5.67. The van der Waals surface area contributed by atoms with Gasteiger partial charge in [0.1, 0.15) is 17.3 Å². The van der Waals surface area contributed by atoms with Crippen LogP contribution in [0.15, 0.2) is 66.2 Å². The van der Waals surface area contributed by atoms with E-state index in [1.807, 2.05) is 6.92 Å². The number of anilines is 1. The predicted molar refractivity (Wildman–Crippen MR) is 160 cm³/mol. The maximum Gasteiger partial charge on any atom is 0.301 e. The van der Waals surface area contributed by atoms with Crippen LogP contribution >= 0.6 is 11.3 Å². The Morgan fingerprint density at radius 3 is 2.62 bits per heavy atom. The molecule has 1 saturated heterocycles. The Labute approximate surface area is 247 Å². The summed E-state index contributed by atoms with van der Waals surface area (Å²) in [5, 5.41) is 11.7. The largest absolute Gasteiger partial charge is 0.507 e. The predicted octanol–water partition coefficient (Wildman–Crippen LogP) is 7.04. The van der Waals surface area contributed by atoms with E-state index in [-0.39, 0.29) is 16.5 Å². The number of hydrogen-bond acceptors (Lipinski definition) is 8. The smallest absolute Gasteiger partial charge is 0.301 e. The Kier molecular flexibility index (Phi) is 8.72. The molecule has 10 heteroatoms. The number of unbranched alkanes of at least 4 members (excludes halogenated alkanes) is 2. The fourth-order valence-electron chi connectivity index (χ4n) is 4.90. The van der Waals surface area contributed by atoms with Gasteiger partial charge in [0, 0.05) is 5.56 Å². The molecular formula is C32H31FN2O6S. The number of ketones is 1. The summed E-state index contributed by atoms with van der Waals surface area (Å²) in [5.74, 6) is -1.08. The van der Waals surface area contributed by atoms with Gasteiger partial charge in [0.2, 0.25) is 0 Å². The van der Waals surface area contributed by atoms with Crippen LogP contribution in [-0.4, -0.2) is 42.1 Å². The van der Waals surface area contributed by atoms with Gasteiger partial charge in [0.05, 0.1) is 42.2 Å². The molecule has 1 atom stereocenters. The zero-order valence-corrected chi connectivity index (χ0v) is 24.4. The number of aliphatic hydroxyl groups excluding tert-OH is 1. The molecule has 0 aliphatic carbocycles. The topological polar surface area (TPSA) is 98.2 Å². The highest BCUT2D eigenvalue weighted by Crippen LogP contribution is 2.46. The number of halogens is 1. The minimum absolute atomic E-state index is 0.113. The fraction of sp³-hybridized carbons (Fsp3) is 0.281. The molecule has 4 aromatic rings. The molecule has 218 valence electrons. The molecule has 1 aliphatic rings. The summed E-state index contributed by atoms with van der Waals surface area (Å²) in [4.78, 5) is 33.0. The number of fused-ring (bicyclic) bond motifs is 1. The third-order valence-corrected chi connectivity index (χ3v) is 7.93. The van der Waals surface area contributed by atoms with Crippen molar-refractivity contribution in [1.82, 2.24) is 4.98 Å². The summed E-state index contributed by atoms with van der Waals surface area (Å²) in [6, 6.07) is 14.9. The Morgan fingerprint density at radius 2 is 1.86 bits per heavy atom. The van der Waals surface area contributed by atoms with Crippen LogP contribution in [0.2, 0.25) is 0 Å². The van der Waals surface area contributed by atoms with Crippen molar-refractivity contribution in [3.05, 3.63) is 83.2 Å². The van der Waals surface area contributed by atoms with Gasteiger partial charge in [-0.15, -0.1) is 0 Å². The Balaban J connectivity index is 1.65. The Bertz CT molecular complexity index is 1670. The minimum Gasteiger partial charge on any atom is -0.507 e. The zero-order chi connectivity index (χ0) is 29.8. The molecule has 1 aliphatic heterocycles. The van der Waals surface area contributed by atoms with E-state index in [1.165, 1.54) is 30.2 Å². The van der Waals surface area contributed by atoms with Crippen molar-refractivity contribution in [1.29, 1.82) is 0 Å². The maximum absolute atomic E-state index is 14.0. The first-order valence-electron chi connectivity index (χ1n) is 13.8. The molecule has 0 radical (unpaired) electrons. The molecule has 2 heterocycles. The molecule has 1 N–H and O–H groups in total. The number of carbonyl (C=O) groups excluding carboxylic acids is 2. The van der Waals surface area contributed by atoms with Crippen LogP contribution in [0.4, 0.5) is 9.52 Å². The number of ether oxygens (including phenoxy) is 3. The van der Waals surface area contributed by atoms with Crippen LogP contribution in [0.25, 0.3) is 16.0 Å². The van der Waals surface area contributed by atoms with Crippen molar-refractivity contribution in [2.45, 2.75) is 39.2 Å². The van der Waals surface area contributed by atoms with E-state index in [1.54, 1.807) is 42.5 Å². The van der Waals surface area contributed by atoms with Crippen LogP contribution in [0, 0.1) is 5.82 Å². The number of Topliss-reactive ketones (excluding diaryl/α,β-unsaturated/α-hetero) is 1. The lowest BCUT2D eigenvalue weighted by atomic mass is 9.95. The fourth-order valence-corrected chi connectivity index (χ4v) is 5.91. The maximum atomic E-state index is 14.0. The summed E-state index contributed by atoms with van der Waals surface area (Å²) in [7, 11) is 1.51. The highest BCUT2D eigenvalue weighted by Gasteiger charge is 2.48. The van der Waals surface area contributed by atoms with E-state index in [9.17, 15) is 19.1 Å². The van der Waals surface area contributed by atoms with Gasteiger partial charge in [-0.3, -0.25) is 14.5 Å². The molecule has 1 amide bonds. The lowest BCUT2D eigenvalue weighted by Gasteiger charge is -2.24. The van der Waals surface area contributed by atoms with Gasteiger partial charge < -0.3 is 19.3 Å². The van der Waals surface area contributed by atoms with Crippen molar-refractivity contribution in [2.75, 3.05) is 25.2 Å². The summed E-state index contributed by atoms with van der Waals surface area (Å²) in [6.45, 7) is 4.88. The molecule has 0 bridgehead atoms. The van der Waals surface area contributed by atoms with E-state index >= 15 is 0 Å². The quantitative estimate of drug-likeness (QED) is 0.0866. The number of methoxy groups -OCH3 is 1. The second kappa shape index (κ2) is 12.6. The molecular weight excluding hydrogens is 559 g/mol. The number of amides is 1. The van der Waals surface area contributed by atoms with E-state index < -0.39 is 23.5 Å². The SMILES string of the molecule is CCCCCOc1ccc(C2/C(=C(\O)c3cccc(OCC)c3)C(=O)C(=O)N2c2nc3ccc(F)cc3s2)cc1OC. The first-order chi connectivity index (χ1) is 20.4. The third-order valence-electron chi connectivity index (χ3n) is 6.92. The van der Waals surface area contributed by atoms with Crippen LogP contribution in [-0.2, 0) is 9.59 Å². The van der Waals surface area contributed by atoms with E-state index in [2.05, 4.69) is 11.9 Å². The molecule has 8 nitrogen and oxygen atoms in total. The first kappa shape index (κ1) is 29.1. The van der Waals surface area contributed by atoms with Crippen LogP contribution in [0.5, 0.6) is 17.2 Å². The van der Waals surface area contributed by atoms with Gasteiger partial charge in [-0.1, -0.05) is 49.3 Å². The number of aliphatic hydroxyl groups is 1. The van der Waals surface area contributed by atoms with Gasteiger partial charge >= 0.3 is 5.91 Å². The molecule has 0 saturated carbocycles. The number of thiazole rings is 1. The molecule has 3 aromatic carbocycles. The van der Waals surface area contributed by atoms with Gasteiger partial charge in [0.25, 0.3) is 5.78 Å². The standard InChI is InChI=1S/C32H31FN2O6S/c1-4-6-7-15-41-24-14-11-19(17-25(24)39-3)28-27(29(36)20-9-8-10-22(16-20)40-5-2)30(37)31(38)35(28)32-34-23-13-12-21(33)18-26(23)42-32/h8-14,16-18,28,36H,4-7,15H2,1-3H3/b29-27+. The van der Waals surface area contributed by atoms with Crippen LogP contribution in [0.3, 0.4) is 0 Å². The number of carbonyl (C=O) groups is 2. The molecule has 1 aromatic heterocycles. The van der Waals surface area contributed by atoms with Crippen LogP contribution < -0.4 is 19.1 Å². The van der Waals surface area contributed by atoms with Crippen molar-refractivity contribution in [2.24, 2.45) is 0 Å². The van der Waals surface area contributed by atoms with Crippen molar-refractivity contribution >= 4 is 44.1 Å². The van der Waals surface area contributed by atoms with Crippen molar-refractivity contribution in [3.63, 3.8) is 0 Å². The summed E-state index contributed by atoms with van der Waals surface area (Å²) in [6.07, 6.45) is 2.98. The van der Waals surface area contributed by atoms with Crippen molar-refractivity contribution < 1.29 is 33.3 Å². The number of rotatable bonds is 11. The lowest BCUT2D eigenvalue weighted by Crippen LogP contribution is -2.29. The second-order valence-corrected chi connectivity index (χ2v) is 10.7. The van der Waals surface area contributed by atoms with Gasteiger partial charge in [-0.05, 0) is 61.4 Å². The zero-order valence-electron chi connectivity index (χ0n) is 23.6. The van der Waals surface area contributed by atoms with Gasteiger partial charge in [0.15, 0.2) is 16.6 Å². The molecule has 1 fully saturated rings. The Hall–Kier alpha value is -4.44. The van der Waals surface area contributed by atoms with E-state index in [4.69, 9.17) is 14.2 Å². The minimum atomic E-state index is -1.05. The normalized spacial score (nSPS) is 16.3. The highest BCUT2D eigenvalue weighted by molar-refractivity contribution is 7.22. The molecule has 5 rings (SSSR count). The van der Waals surface area contributed by atoms with Gasteiger partial charge in [-0.25, -0.2) is 9.37 Å². The average molecular weight is 591 g/mol. The summed E-state index contributed by atoms with van der Waals surface area (Å²) < 4.78 is 31.6. The van der Waals surface area contributed by atoms with Crippen molar-refractivity contribution in [3.8, 4) is 17.2 Å². The lowest BCUT2D eigenvalue weighted by molar-refractivity contribution is -0.132. The average Bonchev–Trinajstić information content (AvgIpc) is 3.52. The number of nitrogens with zero attached hydrogens (tertiary/aromatic N) is 2. The van der Waals surface area contributed by atoms with E-state index in [0.29, 0.717) is 51.8 Å². The number of benzene rings is 3.